The van der Waals surface area contributed by atoms with Crippen LogP contribution in [0.3, 0.4) is 0 Å². The van der Waals surface area contributed by atoms with Crippen molar-refractivity contribution < 1.29 is 17.6 Å². The predicted molar refractivity (Wildman–Crippen MR) is 106 cm³/mol. The van der Waals surface area contributed by atoms with Gasteiger partial charge in [-0.1, -0.05) is 6.07 Å². The standard InChI is InChI=1S/C19H22N4O4S/c1-11-6-12(2)8-14(7-11)22-28(25,26)17-9-16(27-13(17)3)18-15(10-20-21-18)19(24)23(4)5/h6-10,22H,1-5H3,(H,20,21). The van der Waals surface area contributed by atoms with E-state index in [9.17, 15) is 13.2 Å². The fourth-order valence-corrected chi connectivity index (χ4v) is 4.20. The van der Waals surface area contributed by atoms with Crippen molar-refractivity contribution in [3.05, 3.63) is 52.9 Å². The number of nitrogens with zero attached hydrogens (tertiary/aromatic N) is 2. The SMILES string of the molecule is Cc1cc(C)cc(NS(=O)(=O)c2cc(-c3[nH]ncc3C(=O)N(C)C)oc2C)c1. The van der Waals surface area contributed by atoms with Gasteiger partial charge in [0.2, 0.25) is 0 Å². The van der Waals surface area contributed by atoms with E-state index in [1.165, 1.54) is 17.2 Å². The highest BCUT2D eigenvalue weighted by molar-refractivity contribution is 7.92. The second kappa shape index (κ2) is 7.16. The molecule has 0 saturated carbocycles. The number of amides is 1. The lowest BCUT2D eigenvalue weighted by molar-refractivity contribution is 0.0828. The van der Waals surface area contributed by atoms with Gasteiger partial charge in [0.05, 0.1) is 11.8 Å². The monoisotopic (exact) mass is 402 g/mol. The van der Waals surface area contributed by atoms with E-state index >= 15 is 0 Å². The Bertz CT molecular complexity index is 1120. The zero-order chi connectivity index (χ0) is 20.6. The zero-order valence-electron chi connectivity index (χ0n) is 16.3. The number of aryl methyl sites for hydroxylation is 3. The molecular weight excluding hydrogens is 380 g/mol. The molecule has 9 heteroatoms. The Balaban J connectivity index is 1.98. The van der Waals surface area contributed by atoms with Crippen LogP contribution < -0.4 is 4.72 Å². The lowest BCUT2D eigenvalue weighted by Gasteiger charge is -2.09. The Morgan fingerprint density at radius 2 is 1.75 bits per heavy atom. The van der Waals surface area contributed by atoms with Crippen molar-refractivity contribution >= 4 is 21.6 Å². The summed E-state index contributed by atoms with van der Waals surface area (Å²) in [5.74, 6) is 0.168. The summed E-state index contributed by atoms with van der Waals surface area (Å²) >= 11 is 0. The van der Waals surface area contributed by atoms with Gasteiger partial charge in [0, 0.05) is 25.8 Å². The third kappa shape index (κ3) is 3.79. The van der Waals surface area contributed by atoms with Crippen molar-refractivity contribution in [1.29, 1.82) is 0 Å². The highest BCUT2D eigenvalue weighted by atomic mass is 32.2. The van der Waals surface area contributed by atoms with Crippen molar-refractivity contribution in [3.8, 4) is 11.5 Å². The number of H-pyrrole nitrogens is 1. The summed E-state index contributed by atoms with van der Waals surface area (Å²) < 4.78 is 34.0. The van der Waals surface area contributed by atoms with Crippen LogP contribution in [0.15, 0.2) is 39.8 Å². The number of rotatable bonds is 5. The highest BCUT2D eigenvalue weighted by Gasteiger charge is 2.25. The van der Waals surface area contributed by atoms with Crippen LogP contribution in [-0.4, -0.2) is 43.5 Å². The molecule has 3 rings (SSSR count). The van der Waals surface area contributed by atoms with Gasteiger partial charge in [0.25, 0.3) is 15.9 Å². The molecule has 0 saturated heterocycles. The van der Waals surface area contributed by atoms with Crippen LogP contribution >= 0.6 is 0 Å². The number of carbonyl (C=O) groups is 1. The number of hydrogen-bond acceptors (Lipinski definition) is 5. The van der Waals surface area contributed by atoms with E-state index in [2.05, 4.69) is 14.9 Å². The first-order valence-corrected chi connectivity index (χ1v) is 10.0. The van der Waals surface area contributed by atoms with Crippen molar-refractivity contribution in [1.82, 2.24) is 15.1 Å². The van der Waals surface area contributed by atoms with E-state index < -0.39 is 10.0 Å². The van der Waals surface area contributed by atoms with Crippen molar-refractivity contribution in [2.24, 2.45) is 0 Å². The second-order valence-electron chi connectivity index (χ2n) is 6.87. The summed E-state index contributed by atoms with van der Waals surface area (Å²) in [4.78, 5) is 13.7. The number of aromatic amines is 1. The first kappa shape index (κ1) is 19.7. The van der Waals surface area contributed by atoms with Crippen LogP contribution in [0.1, 0.15) is 27.2 Å². The minimum atomic E-state index is -3.87. The number of sulfonamides is 1. The van der Waals surface area contributed by atoms with E-state index in [1.807, 2.05) is 19.9 Å². The molecule has 0 unspecified atom stereocenters. The average molecular weight is 402 g/mol. The summed E-state index contributed by atoms with van der Waals surface area (Å²) in [7, 11) is -0.628. The number of benzene rings is 1. The molecule has 2 heterocycles. The Labute approximate surface area is 163 Å². The molecule has 28 heavy (non-hydrogen) atoms. The van der Waals surface area contributed by atoms with E-state index in [-0.39, 0.29) is 22.3 Å². The molecule has 2 N–H and O–H groups in total. The van der Waals surface area contributed by atoms with Crippen LogP contribution in [0.4, 0.5) is 5.69 Å². The fourth-order valence-electron chi connectivity index (χ4n) is 2.98. The molecule has 0 fully saturated rings. The molecule has 1 amide bonds. The summed E-state index contributed by atoms with van der Waals surface area (Å²) in [5.41, 5.74) is 3.00. The molecule has 0 atom stereocenters. The Hall–Kier alpha value is -3.07. The van der Waals surface area contributed by atoms with Gasteiger partial charge in [-0.2, -0.15) is 5.10 Å². The van der Waals surface area contributed by atoms with Gasteiger partial charge in [0.1, 0.15) is 16.3 Å². The van der Waals surface area contributed by atoms with Gasteiger partial charge in [0.15, 0.2) is 5.76 Å². The van der Waals surface area contributed by atoms with E-state index in [1.54, 1.807) is 33.2 Å². The number of hydrogen-bond donors (Lipinski definition) is 2. The lowest BCUT2D eigenvalue weighted by atomic mass is 10.1. The molecule has 0 aliphatic carbocycles. The molecule has 0 aliphatic rings. The van der Waals surface area contributed by atoms with Crippen LogP contribution in [0.2, 0.25) is 0 Å². The number of furan rings is 1. The van der Waals surface area contributed by atoms with E-state index in [0.717, 1.165) is 11.1 Å². The zero-order valence-corrected chi connectivity index (χ0v) is 17.1. The molecular formula is C19H22N4O4S. The average Bonchev–Trinajstić information content (AvgIpc) is 3.19. The maximum Gasteiger partial charge on any atom is 0.265 e. The Morgan fingerprint density at radius 3 is 2.36 bits per heavy atom. The number of anilines is 1. The van der Waals surface area contributed by atoms with Crippen LogP contribution in [0, 0.1) is 20.8 Å². The summed E-state index contributed by atoms with van der Waals surface area (Å²) in [6.45, 7) is 5.35. The molecule has 1 aromatic carbocycles. The number of carbonyl (C=O) groups excluding carboxylic acids is 1. The van der Waals surface area contributed by atoms with Gasteiger partial charge in [-0.25, -0.2) is 8.42 Å². The smallest absolute Gasteiger partial charge is 0.265 e. The van der Waals surface area contributed by atoms with Crippen molar-refractivity contribution in [3.63, 3.8) is 0 Å². The fraction of sp³-hybridized carbons (Fsp3) is 0.263. The first-order valence-electron chi connectivity index (χ1n) is 8.55. The molecule has 8 nitrogen and oxygen atoms in total. The van der Waals surface area contributed by atoms with Gasteiger partial charge in [-0.05, 0) is 44.0 Å². The maximum absolute atomic E-state index is 12.9. The lowest BCUT2D eigenvalue weighted by Crippen LogP contribution is -2.21. The molecule has 2 aromatic heterocycles. The third-order valence-electron chi connectivity index (χ3n) is 4.16. The summed E-state index contributed by atoms with van der Waals surface area (Å²) in [6, 6.07) is 6.86. The van der Waals surface area contributed by atoms with Crippen LogP contribution in [-0.2, 0) is 10.0 Å². The molecule has 0 bridgehead atoms. The summed E-state index contributed by atoms with van der Waals surface area (Å²) in [5, 5.41) is 6.60. The van der Waals surface area contributed by atoms with E-state index in [4.69, 9.17) is 4.42 Å². The molecule has 0 radical (unpaired) electrons. The van der Waals surface area contributed by atoms with Crippen molar-refractivity contribution in [2.45, 2.75) is 25.7 Å². The van der Waals surface area contributed by atoms with Gasteiger partial charge >= 0.3 is 0 Å². The first-order chi connectivity index (χ1) is 13.1. The maximum atomic E-state index is 12.9. The molecule has 0 aliphatic heterocycles. The quantitative estimate of drug-likeness (QED) is 0.682. The van der Waals surface area contributed by atoms with Gasteiger partial charge in [-0.3, -0.25) is 14.6 Å². The summed E-state index contributed by atoms with van der Waals surface area (Å²) in [6.07, 6.45) is 1.39. The van der Waals surface area contributed by atoms with Gasteiger partial charge < -0.3 is 9.32 Å². The van der Waals surface area contributed by atoms with Crippen molar-refractivity contribution in [2.75, 3.05) is 18.8 Å². The minimum absolute atomic E-state index is 0.000453. The topological polar surface area (TPSA) is 108 Å². The normalized spacial score (nSPS) is 11.5. The largest absolute Gasteiger partial charge is 0.458 e. The van der Waals surface area contributed by atoms with Gasteiger partial charge in [-0.15, -0.1) is 0 Å². The second-order valence-corrected chi connectivity index (χ2v) is 8.52. The molecule has 3 aromatic rings. The number of nitrogens with one attached hydrogen (secondary N) is 2. The minimum Gasteiger partial charge on any atom is -0.458 e. The third-order valence-corrected chi connectivity index (χ3v) is 5.65. The van der Waals surface area contributed by atoms with Crippen LogP contribution in [0.5, 0.6) is 0 Å². The number of aromatic nitrogens is 2. The Kier molecular flexibility index (Phi) is 5.03. The van der Waals surface area contributed by atoms with Crippen LogP contribution in [0.25, 0.3) is 11.5 Å². The Morgan fingerprint density at radius 1 is 1.11 bits per heavy atom. The van der Waals surface area contributed by atoms with E-state index in [0.29, 0.717) is 16.9 Å². The highest BCUT2D eigenvalue weighted by Crippen LogP contribution is 2.30. The molecule has 0 spiro atoms. The molecule has 148 valence electrons. The predicted octanol–water partition coefficient (Wildman–Crippen LogP) is 3.10.